The van der Waals surface area contributed by atoms with Crippen molar-refractivity contribution in [3.05, 3.63) is 45.6 Å². The van der Waals surface area contributed by atoms with E-state index >= 15 is 0 Å². The van der Waals surface area contributed by atoms with Crippen molar-refractivity contribution in [1.29, 1.82) is 0 Å². The van der Waals surface area contributed by atoms with Gasteiger partial charge in [0.1, 0.15) is 22.0 Å². The molecule has 0 fully saturated rings. The number of nitrogen functional groups attached to an aromatic ring is 1. The summed E-state index contributed by atoms with van der Waals surface area (Å²) in [7, 11) is 0. The molecule has 2 aromatic heterocycles. The molecule has 0 spiro atoms. The van der Waals surface area contributed by atoms with Gasteiger partial charge in [0.15, 0.2) is 0 Å². The number of aromatic nitrogens is 3. The lowest BCUT2D eigenvalue weighted by atomic mass is 10.1. The van der Waals surface area contributed by atoms with Crippen LogP contribution in [0.5, 0.6) is 0 Å². The lowest BCUT2D eigenvalue weighted by Crippen LogP contribution is -2.26. The predicted molar refractivity (Wildman–Crippen MR) is 92.0 cm³/mol. The third-order valence-corrected chi connectivity index (χ3v) is 4.47. The monoisotopic (exact) mass is 363 g/mol. The Morgan fingerprint density at radius 1 is 1.38 bits per heavy atom. The molecule has 0 unspecified atom stereocenters. The summed E-state index contributed by atoms with van der Waals surface area (Å²) in [6.45, 7) is 2.09. The second-order valence-electron chi connectivity index (χ2n) is 4.98. The number of rotatable bonds is 5. The summed E-state index contributed by atoms with van der Waals surface area (Å²) < 4.78 is 5.19. The third kappa shape index (κ3) is 3.39. The SMILES string of the molecule is Cc1onc(-c2ccccc2Cl)c1C(=O)NCCc1nnc(N)s1. The quantitative estimate of drug-likeness (QED) is 0.721. The van der Waals surface area contributed by atoms with E-state index in [1.165, 1.54) is 11.3 Å². The van der Waals surface area contributed by atoms with E-state index in [1.807, 2.05) is 12.1 Å². The van der Waals surface area contributed by atoms with Gasteiger partial charge in [-0.3, -0.25) is 4.79 Å². The lowest BCUT2D eigenvalue weighted by Gasteiger charge is -2.05. The van der Waals surface area contributed by atoms with Crippen LogP contribution in [0.2, 0.25) is 5.02 Å². The fourth-order valence-electron chi connectivity index (χ4n) is 2.22. The molecule has 0 saturated heterocycles. The van der Waals surface area contributed by atoms with Gasteiger partial charge in [-0.2, -0.15) is 0 Å². The zero-order chi connectivity index (χ0) is 17.1. The second-order valence-corrected chi connectivity index (χ2v) is 6.48. The molecule has 124 valence electrons. The topological polar surface area (TPSA) is 107 Å². The minimum absolute atomic E-state index is 0.277. The molecule has 24 heavy (non-hydrogen) atoms. The zero-order valence-electron chi connectivity index (χ0n) is 12.7. The van der Waals surface area contributed by atoms with E-state index < -0.39 is 0 Å². The number of carbonyl (C=O) groups is 1. The van der Waals surface area contributed by atoms with Crippen molar-refractivity contribution in [3.8, 4) is 11.3 Å². The molecule has 3 N–H and O–H groups in total. The Morgan fingerprint density at radius 2 is 2.17 bits per heavy atom. The lowest BCUT2D eigenvalue weighted by molar-refractivity contribution is 0.0953. The van der Waals surface area contributed by atoms with Crippen LogP contribution in [-0.4, -0.2) is 27.8 Å². The Bertz CT molecular complexity index is 876. The Labute approximate surface area is 146 Å². The minimum atomic E-state index is -0.277. The van der Waals surface area contributed by atoms with Gasteiger partial charge in [-0.05, 0) is 13.0 Å². The van der Waals surface area contributed by atoms with Crippen LogP contribution in [0.15, 0.2) is 28.8 Å². The number of benzene rings is 1. The first-order chi connectivity index (χ1) is 11.6. The van der Waals surface area contributed by atoms with Crippen molar-refractivity contribution in [2.75, 3.05) is 12.3 Å². The van der Waals surface area contributed by atoms with Gasteiger partial charge in [-0.15, -0.1) is 10.2 Å². The largest absolute Gasteiger partial charge is 0.374 e. The molecule has 0 aliphatic heterocycles. The van der Waals surface area contributed by atoms with Crippen molar-refractivity contribution < 1.29 is 9.32 Å². The second kappa shape index (κ2) is 6.98. The molecule has 2 heterocycles. The van der Waals surface area contributed by atoms with Crippen LogP contribution < -0.4 is 11.1 Å². The Balaban J connectivity index is 1.75. The Morgan fingerprint density at radius 3 is 2.88 bits per heavy atom. The number of hydrogen-bond donors (Lipinski definition) is 2. The Kier molecular flexibility index (Phi) is 4.77. The standard InChI is InChI=1S/C15H14ClN5O2S/c1-8-12(13(21-23-8)9-4-2-3-5-10(9)16)14(22)18-7-6-11-19-20-15(17)24-11/h2-5H,6-7H2,1H3,(H2,17,20)(H,18,22). The van der Waals surface area contributed by atoms with Gasteiger partial charge < -0.3 is 15.6 Å². The summed E-state index contributed by atoms with van der Waals surface area (Å²) in [5, 5.41) is 16.1. The number of aryl methyl sites for hydroxylation is 1. The molecule has 0 bridgehead atoms. The van der Waals surface area contributed by atoms with Gasteiger partial charge in [-0.1, -0.05) is 46.3 Å². The molecule has 0 atom stereocenters. The average Bonchev–Trinajstić information content (AvgIpc) is 3.13. The highest BCUT2D eigenvalue weighted by molar-refractivity contribution is 7.15. The van der Waals surface area contributed by atoms with Gasteiger partial charge in [-0.25, -0.2) is 0 Å². The molecule has 9 heteroatoms. The van der Waals surface area contributed by atoms with Crippen LogP contribution >= 0.6 is 22.9 Å². The molecular formula is C15H14ClN5O2S. The van der Waals surface area contributed by atoms with E-state index in [-0.39, 0.29) is 5.91 Å². The van der Waals surface area contributed by atoms with E-state index in [2.05, 4.69) is 20.7 Å². The first kappa shape index (κ1) is 16.4. The van der Waals surface area contributed by atoms with Crippen molar-refractivity contribution in [2.24, 2.45) is 0 Å². The molecule has 3 aromatic rings. The van der Waals surface area contributed by atoms with Crippen molar-refractivity contribution >= 4 is 34.0 Å². The van der Waals surface area contributed by atoms with E-state index in [4.69, 9.17) is 21.9 Å². The van der Waals surface area contributed by atoms with Crippen LogP contribution in [0.1, 0.15) is 21.1 Å². The molecule has 0 saturated carbocycles. The summed E-state index contributed by atoms with van der Waals surface area (Å²) in [6.07, 6.45) is 0.548. The molecule has 0 aliphatic carbocycles. The predicted octanol–water partition coefficient (Wildman–Crippen LogP) is 2.71. The van der Waals surface area contributed by atoms with E-state index in [0.717, 1.165) is 5.01 Å². The zero-order valence-corrected chi connectivity index (χ0v) is 14.3. The number of hydrogen-bond acceptors (Lipinski definition) is 7. The summed E-state index contributed by atoms with van der Waals surface area (Å²) in [5.41, 5.74) is 6.98. The molecule has 1 amide bonds. The van der Waals surface area contributed by atoms with Crippen LogP contribution in [0.3, 0.4) is 0 Å². The van der Waals surface area contributed by atoms with Gasteiger partial charge >= 0.3 is 0 Å². The highest BCUT2D eigenvalue weighted by Crippen LogP contribution is 2.30. The van der Waals surface area contributed by atoms with E-state index in [0.29, 0.717) is 45.7 Å². The first-order valence-corrected chi connectivity index (χ1v) is 8.33. The molecular weight excluding hydrogens is 350 g/mol. The minimum Gasteiger partial charge on any atom is -0.374 e. The van der Waals surface area contributed by atoms with Gasteiger partial charge in [0.2, 0.25) is 5.13 Å². The van der Waals surface area contributed by atoms with Gasteiger partial charge in [0, 0.05) is 18.5 Å². The van der Waals surface area contributed by atoms with Gasteiger partial charge in [0.05, 0.1) is 5.02 Å². The van der Waals surface area contributed by atoms with Crippen LogP contribution in [-0.2, 0) is 6.42 Å². The number of carbonyl (C=O) groups excluding carboxylic acids is 1. The average molecular weight is 364 g/mol. The maximum absolute atomic E-state index is 12.5. The summed E-state index contributed by atoms with van der Waals surface area (Å²) in [6, 6.07) is 7.17. The van der Waals surface area contributed by atoms with E-state index in [9.17, 15) is 4.79 Å². The number of amides is 1. The van der Waals surface area contributed by atoms with Crippen LogP contribution in [0.4, 0.5) is 5.13 Å². The number of nitrogens with one attached hydrogen (secondary N) is 1. The maximum Gasteiger partial charge on any atom is 0.257 e. The highest BCUT2D eigenvalue weighted by Gasteiger charge is 2.22. The molecule has 1 aromatic carbocycles. The molecule has 7 nitrogen and oxygen atoms in total. The van der Waals surface area contributed by atoms with Crippen molar-refractivity contribution in [1.82, 2.24) is 20.7 Å². The van der Waals surface area contributed by atoms with Crippen LogP contribution in [0.25, 0.3) is 11.3 Å². The summed E-state index contributed by atoms with van der Waals surface area (Å²) >= 11 is 7.49. The van der Waals surface area contributed by atoms with Gasteiger partial charge in [0.25, 0.3) is 5.91 Å². The fraction of sp³-hybridized carbons (Fsp3) is 0.200. The smallest absolute Gasteiger partial charge is 0.257 e. The first-order valence-electron chi connectivity index (χ1n) is 7.13. The highest BCUT2D eigenvalue weighted by atomic mass is 35.5. The van der Waals surface area contributed by atoms with E-state index in [1.54, 1.807) is 19.1 Å². The van der Waals surface area contributed by atoms with Crippen molar-refractivity contribution in [3.63, 3.8) is 0 Å². The van der Waals surface area contributed by atoms with Crippen LogP contribution in [0, 0.1) is 6.92 Å². The number of anilines is 1. The normalized spacial score (nSPS) is 10.8. The molecule has 0 aliphatic rings. The molecule has 0 radical (unpaired) electrons. The number of halogens is 1. The fourth-order valence-corrected chi connectivity index (χ4v) is 3.05. The molecule has 3 rings (SSSR count). The summed E-state index contributed by atoms with van der Waals surface area (Å²) in [4.78, 5) is 12.5. The number of nitrogens with two attached hydrogens (primary N) is 1. The third-order valence-electron chi connectivity index (χ3n) is 3.33. The van der Waals surface area contributed by atoms with Crippen molar-refractivity contribution in [2.45, 2.75) is 13.3 Å². The summed E-state index contributed by atoms with van der Waals surface area (Å²) in [5.74, 6) is 0.156. The maximum atomic E-state index is 12.5. The number of nitrogens with zero attached hydrogens (tertiary/aromatic N) is 3. The Hall–Kier alpha value is -2.45.